The molecule has 0 radical (unpaired) electrons. The molecule has 1 rings (SSSR count). The summed E-state index contributed by atoms with van der Waals surface area (Å²) >= 11 is 6.91. The van der Waals surface area contributed by atoms with Crippen LogP contribution in [0, 0.1) is 0 Å². The Kier molecular flexibility index (Phi) is 6.37. The molecule has 88 valence electrons. The molecule has 0 amide bonds. The van der Waals surface area contributed by atoms with E-state index in [1.165, 1.54) is 36.0 Å². The van der Waals surface area contributed by atoms with Gasteiger partial charge in [0.2, 0.25) is 0 Å². The zero-order valence-corrected chi connectivity index (χ0v) is 13.1. The molecular weight excluding hydrogens is 328 g/mol. The van der Waals surface area contributed by atoms with Gasteiger partial charge in [0, 0.05) is 0 Å². The molecule has 0 aliphatic carbocycles. The summed E-state index contributed by atoms with van der Waals surface area (Å²) in [7, 11) is 0. The minimum atomic E-state index is 1.01. The smallest absolute Gasteiger partial charge is 0.0610 e. The van der Waals surface area contributed by atoms with E-state index in [1.54, 1.807) is 0 Å². The van der Waals surface area contributed by atoms with Crippen LogP contribution in [0.5, 0.6) is 0 Å². The average Bonchev–Trinajstić information content (AvgIpc) is 2.27. The van der Waals surface area contributed by atoms with E-state index in [9.17, 15) is 0 Å². The quantitative estimate of drug-likeness (QED) is 0.644. The molecule has 0 aromatic heterocycles. The molecule has 0 spiro atoms. The summed E-state index contributed by atoms with van der Waals surface area (Å²) in [6, 6.07) is 6.62. The van der Waals surface area contributed by atoms with E-state index in [0.717, 1.165) is 9.81 Å². The van der Waals surface area contributed by atoms with E-state index in [1.807, 2.05) is 0 Å². The van der Waals surface area contributed by atoms with Crippen molar-refractivity contribution in [2.45, 2.75) is 39.5 Å². The van der Waals surface area contributed by atoms with Gasteiger partial charge in [0.25, 0.3) is 0 Å². The SMILES string of the molecule is CCCCc1cccc(CC)c1C=C(Br)Br. The van der Waals surface area contributed by atoms with E-state index in [2.05, 4.69) is 70.0 Å². The van der Waals surface area contributed by atoms with E-state index < -0.39 is 0 Å². The van der Waals surface area contributed by atoms with Gasteiger partial charge in [-0.25, -0.2) is 0 Å². The first-order valence-corrected chi connectivity index (χ1v) is 7.41. The van der Waals surface area contributed by atoms with Gasteiger partial charge in [0.1, 0.15) is 0 Å². The molecule has 1 aromatic carbocycles. The van der Waals surface area contributed by atoms with Crippen molar-refractivity contribution in [1.82, 2.24) is 0 Å². The predicted octanol–water partition coefficient (Wildman–Crippen LogP) is 5.68. The second-order valence-corrected chi connectivity index (χ2v) is 6.65. The normalized spacial score (nSPS) is 10.2. The van der Waals surface area contributed by atoms with Crippen LogP contribution in [0.4, 0.5) is 0 Å². The highest BCUT2D eigenvalue weighted by Gasteiger charge is 2.05. The lowest BCUT2D eigenvalue weighted by molar-refractivity contribution is 0.792. The van der Waals surface area contributed by atoms with Gasteiger partial charge in [0.15, 0.2) is 0 Å². The molecular formula is C14H18Br2. The van der Waals surface area contributed by atoms with Crippen LogP contribution >= 0.6 is 31.9 Å². The lowest BCUT2D eigenvalue weighted by Gasteiger charge is -2.10. The van der Waals surface area contributed by atoms with Crippen LogP contribution < -0.4 is 0 Å². The third-order valence-corrected chi connectivity index (χ3v) is 3.18. The molecule has 1 aromatic rings. The number of rotatable bonds is 5. The van der Waals surface area contributed by atoms with Crippen molar-refractivity contribution in [3.05, 3.63) is 38.3 Å². The Labute approximate surface area is 115 Å². The number of hydrogen-bond acceptors (Lipinski definition) is 0. The van der Waals surface area contributed by atoms with Crippen molar-refractivity contribution in [3.8, 4) is 0 Å². The van der Waals surface area contributed by atoms with Crippen LogP contribution in [0.2, 0.25) is 0 Å². The molecule has 16 heavy (non-hydrogen) atoms. The van der Waals surface area contributed by atoms with Crippen molar-refractivity contribution in [1.29, 1.82) is 0 Å². The second-order valence-electron chi connectivity index (χ2n) is 3.88. The van der Waals surface area contributed by atoms with Gasteiger partial charge in [-0.05, 0) is 73.9 Å². The summed E-state index contributed by atoms with van der Waals surface area (Å²) in [5.74, 6) is 0. The minimum Gasteiger partial charge on any atom is -0.0654 e. The summed E-state index contributed by atoms with van der Waals surface area (Å²) < 4.78 is 1.01. The third-order valence-electron chi connectivity index (χ3n) is 2.72. The molecule has 0 saturated heterocycles. The molecule has 0 fully saturated rings. The number of halogens is 2. The van der Waals surface area contributed by atoms with Gasteiger partial charge in [-0.2, -0.15) is 0 Å². The average molecular weight is 346 g/mol. The lowest BCUT2D eigenvalue weighted by atomic mass is 9.96. The molecule has 0 bridgehead atoms. The summed E-state index contributed by atoms with van der Waals surface area (Å²) in [5.41, 5.74) is 4.25. The number of unbranched alkanes of at least 4 members (excludes halogenated alkanes) is 1. The van der Waals surface area contributed by atoms with Crippen LogP contribution in [0.3, 0.4) is 0 Å². The number of hydrogen-bond donors (Lipinski definition) is 0. The van der Waals surface area contributed by atoms with Crippen molar-refractivity contribution in [3.63, 3.8) is 0 Å². The van der Waals surface area contributed by atoms with E-state index in [4.69, 9.17) is 0 Å². The Morgan fingerprint density at radius 3 is 2.44 bits per heavy atom. The molecule has 0 N–H and O–H groups in total. The largest absolute Gasteiger partial charge is 0.0654 e. The van der Waals surface area contributed by atoms with Gasteiger partial charge in [-0.3, -0.25) is 0 Å². The molecule has 0 aliphatic heterocycles. The standard InChI is InChI=1S/C14H18Br2/c1-3-5-7-12-9-6-8-11(4-2)13(12)10-14(15)16/h6,8-10H,3-5,7H2,1-2H3. The highest BCUT2D eigenvalue weighted by Crippen LogP contribution is 2.25. The van der Waals surface area contributed by atoms with Crippen molar-refractivity contribution in [2.75, 3.05) is 0 Å². The first-order chi connectivity index (χ1) is 7.69. The zero-order chi connectivity index (χ0) is 12.0. The Morgan fingerprint density at radius 1 is 1.19 bits per heavy atom. The monoisotopic (exact) mass is 344 g/mol. The number of benzene rings is 1. The van der Waals surface area contributed by atoms with Crippen LogP contribution in [0.15, 0.2) is 21.6 Å². The fraction of sp³-hybridized carbons (Fsp3) is 0.429. The van der Waals surface area contributed by atoms with Gasteiger partial charge in [0.05, 0.1) is 3.39 Å². The van der Waals surface area contributed by atoms with Gasteiger partial charge in [-0.1, -0.05) is 38.5 Å². The first kappa shape index (κ1) is 14.0. The lowest BCUT2D eigenvalue weighted by Crippen LogP contribution is -1.95. The fourth-order valence-corrected chi connectivity index (χ4v) is 2.31. The van der Waals surface area contributed by atoms with E-state index in [0.29, 0.717) is 0 Å². The summed E-state index contributed by atoms with van der Waals surface area (Å²) in [5, 5.41) is 0. The summed E-state index contributed by atoms with van der Waals surface area (Å²) in [4.78, 5) is 0. The summed E-state index contributed by atoms with van der Waals surface area (Å²) in [6.07, 6.45) is 6.93. The van der Waals surface area contributed by atoms with E-state index in [-0.39, 0.29) is 0 Å². The van der Waals surface area contributed by atoms with Gasteiger partial charge in [-0.15, -0.1) is 0 Å². The molecule has 0 aliphatic rings. The number of aryl methyl sites for hydroxylation is 2. The first-order valence-electron chi connectivity index (χ1n) is 5.82. The minimum absolute atomic E-state index is 1.01. The maximum Gasteiger partial charge on any atom is 0.0610 e. The zero-order valence-electron chi connectivity index (χ0n) is 9.89. The van der Waals surface area contributed by atoms with Crippen LogP contribution in [0.1, 0.15) is 43.4 Å². The predicted molar refractivity (Wildman–Crippen MR) is 80.3 cm³/mol. The van der Waals surface area contributed by atoms with Crippen LogP contribution in [-0.2, 0) is 12.8 Å². The molecule has 0 nitrogen and oxygen atoms in total. The Balaban J connectivity index is 3.10. The highest BCUT2D eigenvalue weighted by atomic mass is 79.9. The molecule has 0 unspecified atom stereocenters. The Morgan fingerprint density at radius 2 is 1.88 bits per heavy atom. The van der Waals surface area contributed by atoms with Crippen molar-refractivity contribution >= 4 is 37.9 Å². The summed E-state index contributed by atoms with van der Waals surface area (Å²) in [6.45, 7) is 4.44. The third kappa shape index (κ3) is 4.06. The van der Waals surface area contributed by atoms with E-state index >= 15 is 0 Å². The van der Waals surface area contributed by atoms with Crippen LogP contribution in [-0.4, -0.2) is 0 Å². The van der Waals surface area contributed by atoms with Crippen LogP contribution in [0.25, 0.3) is 6.08 Å². The second kappa shape index (κ2) is 7.29. The fourth-order valence-electron chi connectivity index (χ4n) is 1.85. The van der Waals surface area contributed by atoms with Crippen molar-refractivity contribution in [2.24, 2.45) is 0 Å². The molecule has 0 saturated carbocycles. The van der Waals surface area contributed by atoms with Gasteiger partial charge < -0.3 is 0 Å². The molecule has 0 atom stereocenters. The molecule has 0 heterocycles. The Hall–Kier alpha value is -0.0800. The maximum atomic E-state index is 3.45. The van der Waals surface area contributed by atoms with Gasteiger partial charge >= 0.3 is 0 Å². The van der Waals surface area contributed by atoms with Crippen molar-refractivity contribution < 1.29 is 0 Å². The maximum absolute atomic E-state index is 3.45. The molecule has 2 heteroatoms. The highest BCUT2D eigenvalue weighted by molar-refractivity contribution is 9.28. The Bertz CT molecular complexity index is 363. The topological polar surface area (TPSA) is 0 Å².